The van der Waals surface area contributed by atoms with Gasteiger partial charge in [-0.1, -0.05) is 13.8 Å². The second-order valence-electron chi connectivity index (χ2n) is 4.26. The van der Waals surface area contributed by atoms with Crippen molar-refractivity contribution in [2.75, 3.05) is 19.6 Å². The predicted octanol–water partition coefficient (Wildman–Crippen LogP) is 0.965. The van der Waals surface area contributed by atoms with Gasteiger partial charge in [-0.3, -0.25) is 4.79 Å². The Kier molecular flexibility index (Phi) is 5.76. The van der Waals surface area contributed by atoms with Gasteiger partial charge in [-0.15, -0.1) is 0 Å². The molecule has 0 aromatic carbocycles. The molecule has 3 amide bonds. The minimum atomic E-state index is -0.288. The van der Waals surface area contributed by atoms with Gasteiger partial charge in [-0.05, 0) is 18.1 Å². The summed E-state index contributed by atoms with van der Waals surface area (Å²) in [5.41, 5.74) is 0. The normalized spacial score (nSPS) is 10.2. The fraction of sp³-hybridized carbons (Fsp3) is 0.500. The number of rotatable bonds is 6. The zero-order valence-corrected chi connectivity index (χ0v) is 10.7. The molecule has 0 saturated heterocycles. The van der Waals surface area contributed by atoms with Crippen LogP contribution in [0.4, 0.5) is 4.79 Å². The molecule has 0 aliphatic carbocycles. The summed E-state index contributed by atoms with van der Waals surface area (Å²) in [6.07, 6.45) is 1.44. The van der Waals surface area contributed by atoms with E-state index in [-0.39, 0.29) is 17.7 Å². The van der Waals surface area contributed by atoms with Crippen LogP contribution in [0.15, 0.2) is 22.8 Å². The van der Waals surface area contributed by atoms with Crippen molar-refractivity contribution >= 4 is 11.9 Å². The lowest BCUT2D eigenvalue weighted by Gasteiger charge is -2.09. The topological polar surface area (TPSA) is 83.4 Å². The van der Waals surface area contributed by atoms with E-state index in [1.54, 1.807) is 12.1 Å². The molecule has 0 aliphatic rings. The largest absolute Gasteiger partial charge is 0.459 e. The van der Waals surface area contributed by atoms with Gasteiger partial charge in [-0.2, -0.15) is 0 Å². The van der Waals surface area contributed by atoms with E-state index in [1.165, 1.54) is 6.26 Å². The Balaban J connectivity index is 2.08. The van der Waals surface area contributed by atoms with Gasteiger partial charge in [0.2, 0.25) is 0 Å². The maximum absolute atomic E-state index is 11.4. The van der Waals surface area contributed by atoms with Gasteiger partial charge in [0.25, 0.3) is 5.91 Å². The predicted molar refractivity (Wildman–Crippen MR) is 67.3 cm³/mol. The van der Waals surface area contributed by atoms with Gasteiger partial charge in [0.15, 0.2) is 5.76 Å². The van der Waals surface area contributed by atoms with Crippen LogP contribution >= 0.6 is 0 Å². The van der Waals surface area contributed by atoms with Crippen LogP contribution in [0.5, 0.6) is 0 Å². The molecule has 0 bridgehead atoms. The first-order chi connectivity index (χ1) is 8.59. The van der Waals surface area contributed by atoms with E-state index in [4.69, 9.17) is 4.42 Å². The second-order valence-corrected chi connectivity index (χ2v) is 4.26. The number of hydrogen-bond donors (Lipinski definition) is 3. The highest BCUT2D eigenvalue weighted by molar-refractivity contribution is 5.91. The van der Waals surface area contributed by atoms with Crippen LogP contribution in [0.25, 0.3) is 0 Å². The van der Waals surface area contributed by atoms with Crippen LogP contribution in [0.2, 0.25) is 0 Å². The molecule has 0 aliphatic heterocycles. The minimum Gasteiger partial charge on any atom is -0.459 e. The highest BCUT2D eigenvalue weighted by Gasteiger charge is 2.07. The Bertz CT molecular complexity index is 374. The fourth-order valence-corrected chi connectivity index (χ4v) is 1.21. The van der Waals surface area contributed by atoms with Crippen molar-refractivity contribution in [3.8, 4) is 0 Å². The summed E-state index contributed by atoms with van der Waals surface area (Å²) >= 11 is 0. The van der Waals surface area contributed by atoms with E-state index in [2.05, 4.69) is 16.0 Å². The van der Waals surface area contributed by atoms with Gasteiger partial charge in [0, 0.05) is 19.6 Å². The summed E-state index contributed by atoms with van der Waals surface area (Å²) in [6, 6.07) is 3.00. The van der Waals surface area contributed by atoms with Crippen LogP contribution in [0.1, 0.15) is 24.4 Å². The highest BCUT2D eigenvalue weighted by atomic mass is 16.3. The van der Waals surface area contributed by atoms with Crippen LogP contribution in [-0.2, 0) is 0 Å². The number of amides is 3. The average Bonchev–Trinajstić information content (AvgIpc) is 2.85. The maximum atomic E-state index is 11.4. The van der Waals surface area contributed by atoms with Gasteiger partial charge in [0.1, 0.15) is 0 Å². The average molecular weight is 253 g/mol. The Morgan fingerprint density at radius 1 is 1.22 bits per heavy atom. The van der Waals surface area contributed by atoms with E-state index in [9.17, 15) is 9.59 Å². The molecule has 0 unspecified atom stereocenters. The molecule has 6 nitrogen and oxygen atoms in total. The summed E-state index contributed by atoms with van der Waals surface area (Å²) in [6.45, 7) is 5.39. The second kappa shape index (κ2) is 7.37. The number of hydrogen-bond acceptors (Lipinski definition) is 3. The molecule has 1 rings (SSSR count). The van der Waals surface area contributed by atoms with Crippen molar-refractivity contribution in [2.24, 2.45) is 5.92 Å². The van der Waals surface area contributed by atoms with E-state index in [0.29, 0.717) is 25.6 Å². The molecule has 0 atom stereocenters. The molecular formula is C12H19N3O3. The molecule has 3 N–H and O–H groups in total. The third kappa shape index (κ3) is 5.38. The molecule has 100 valence electrons. The third-order valence-corrected chi connectivity index (χ3v) is 2.11. The van der Waals surface area contributed by atoms with Crippen molar-refractivity contribution in [3.63, 3.8) is 0 Å². The van der Waals surface area contributed by atoms with Crippen molar-refractivity contribution in [2.45, 2.75) is 13.8 Å². The van der Waals surface area contributed by atoms with Crippen LogP contribution < -0.4 is 16.0 Å². The zero-order chi connectivity index (χ0) is 13.4. The first-order valence-corrected chi connectivity index (χ1v) is 5.93. The number of carbonyl (C=O) groups excluding carboxylic acids is 2. The fourth-order valence-electron chi connectivity index (χ4n) is 1.21. The van der Waals surface area contributed by atoms with Gasteiger partial charge in [-0.25, -0.2) is 4.79 Å². The Morgan fingerprint density at radius 3 is 2.56 bits per heavy atom. The number of nitrogens with one attached hydrogen (secondary N) is 3. The molecule has 1 aromatic heterocycles. The van der Waals surface area contributed by atoms with Crippen molar-refractivity contribution in [3.05, 3.63) is 24.2 Å². The maximum Gasteiger partial charge on any atom is 0.314 e. The molecule has 0 spiro atoms. The summed E-state index contributed by atoms with van der Waals surface area (Å²) in [7, 11) is 0. The van der Waals surface area contributed by atoms with Crippen LogP contribution in [0, 0.1) is 5.92 Å². The summed E-state index contributed by atoms with van der Waals surface area (Å²) in [5, 5.41) is 7.99. The lowest BCUT2D eigenvalue weighted by Crippen LogP contribution is -2.41. The molecule has 6 heteroatoms. The minimum absolute atomic E-state index is 0.226. The molecule has 0 radical (unpaired) electrons. The van der Waals surface area contributed by atoms with Gasteiger partial charge < -0.3 is 20.4 Å². The molecule has 18 heavy (non-hydrogen) atoms. The lowest BCUT2D eigenvalue weighted by molar-refractivity contribution is 0.0926. The zero-order valence-electron chi connectivity index (χ0n) is 10.7. The van der Waals surface area contributed by atoms with Crippen LogP contribution in [0.3, 0.4) is 0 Å². The smallest absolute Gasteiger partial charge is 0.314 e. The molecule has 0 saturated carbocycles. The van der Waals surface area contributed by atoms with Gasteiger partial charge in [0.05, 0.1) is 6.26 Å². The Labute approximate surface area is 106 Å². The number of furan rings is 1. The number of carbonyl (C=O) groups is 2. The first kappa shape index (κ1) is 14.1. The Hall–Kier alpha value is -1.98. The Morgan fingerprint density at radius 2 is 1.94 bits per heavy atom. The molecule has 1 aromatic rings. The summed E-state index contributed by atoms with van der Waals surface area (Å²) in [5.74, 6) is 0.387. The van der Waals surface area contributed by atoms with E-state index >= 15 is 0 Å². The van der Waals surface area contributed by atoms with Gasteiger partial charge >= 0.3 is 6.03 Å². The van der Waals surface area contributed by atoms with E-state index in [0.717, 1.165) is 0 Å². The summed E-state index contributed by atoms with van der Waals surface area (Å²) in [4.78, 5) is 22.7. The molecular weight excluding hydrogens is 234 g/mol. The quantitative estimate of drug-likeness (QED) is 0.660. The van der Waals surface area contributed by atoms with Crippen molar-refractivity contribution in [1.29, 1.82) is 0 Å². The lowest BCUT2D eigenvalue weighted by atomic mass is 10.2. The van der Waals surface area contributed by atoms with Crippen molar-refractivity contribution < 1.29 is 14.0 Å². The third-order valence-electron chi connectivity index (χ3n) is 2.11. The molecule has 0 fully saturated rings. The highest BCUT2D eigenvalue weighted by Crippen LogP contribution is 1.98. The SMILES string of the molecule is CC(C)CNC(=O)NCCNC(=O)c1ccco1. The first-order valence-electron chi connectivity index (χ1n) is 5.93. The van der Waals surface area contributed by atoms with Crippen molar-refractivity contribution in [1.82, 2.24) is 16.0 Å². The summed E-state index contributed by atoms with van der Waals surface area (Å²) < 4.78 is 4.93. The number of urea groups is 1. The molecule has 1 heterocycles. The standard InChI is InChI=1S/C12H19N3O3/c1-9(2)8-15-12(17)14-6-5-13-11(16)10-4-3-7-18-10/h3-4,7,9H,5-6,8H2,1-2H3,(H,13,16)(H2,14,15,17). The monoisotopic (exact) mass is 253 g/mol. The van der Waals surface area contributed by atoms with E-state index in [1.807, 2.05) is 13.8 Å². The van der Waals surface area contributed by atoms with E-state index < -0.39 is 0 Å². The van der Waals surface area contributed by atoms with Crippen LogP contribution in [-0.4, -0.2) is 31.6 Å².